The molecule has 1 aliphatic heterocycles. The summed E-state index contributed by atoms with van der Waals surface area (Å²) in [5.41, 5.74) is 7.06. The average Bonchev–Trinajstić information content (AvgIpc) is 3.16. The van der Waals surface area contributed by atoms with E-state index in [2.05, 4.69) is 58.5 Å². The standard InChI is InChI=1S/C22H19N3O/c1-25-13-16-12-15(21-5-3-10-23-24-21)7-8-17(16)20(14-25)18-4-2-6-22-19(18)9-11-26-22/h2-12,20H,13-14H2,1H3. The lowest BCUT2D eigenvalue weighted by molar-refractivity contribution is 0.296. The van der Waals surface area contributed by atoms with Gasteiger partial charge in [-0.1, -0.05) is 24.3 Å². The van der Waals surface area contributed by atoms with Crippen molar-refractivity contribution in [3.8, 4) is 11.3 Å². The number of rotatable bonds is 2. The van der Waals surface area contributed by atoms with E-state index in [1.165, 1.54) is 22.1 Å². The summed E-state index contributed by atoms with van der Waals surface area (Å²) in [4.78, 5) is 2.38. The van der Waals surface area contributed by atoms with Crippen molar-refractivity contribution >= 4 is 11.0 Å². The molecule has 0 aliphatic carbocycles. The fourth-order valence-corrected chi connectivity index (χ4v) is 4.05. The van der Waals surface area contributed by atoms with Crippen LogP contribution < -0.4 is 0 Å². The van der Waals surface area contributed by atoms with Crippen LogP contribution in [0.2, 0.25) is 0 Å². The number of nitrogens with zero attached hydrogens (tertiary/aromatic N) is 3. The largest absolute Gasteiger partial charge is 0.464 e. The van der Waals surface area contributed by atoms with E-state index in [0.717, 1.165) is 29.9 Å². The van der Waals surface area contributed by atoms with Gasteiger partial charge in [-0.05, 0) is 54.1 Å². The second-order valence-corrected chi connectivity index (χ2v) is 6.95. The number of aromatic nitrogens is 2. The Morgan fingerprint density at radius 1 is 1.04 bits per heavy atom. The molecule has 26 heavy (non-hydrogen) atoms. The monoisotopic (exact) mass is 341 g/mol. The summed E-state index contributed by atoms with van der Waals surface area (Å²) < 4.78 is 5.61. The van der Waals surface area contributed by atoms with Crippen LogP contribution >= 0.6 is 0 Å². The van der Waals surface area contributed by atoms with E-state index >= 15 is 0 Å². The Labute approximate surface area is 152 Å². The number of benzene rings is 2. The molecule has 5 rings (SSSR count). The molecule has 4 nitrogen and oxygen atoms in total. The molecule has 0 spiro atoms. The highest BCUT2D eigenvalue weighted by molar-refractivity contribution is 5.82. The summed E-state index contributed by atoms with van der Waals surface area (Å²) in [6, 6.07) is 19.0. The first-order valence-corrected chi connectivity index (χ1v) is 8.85. The van der Waals surface area contributed by atoms with Crippen molar-refractivity contribution in [3.05, 3.63) is 83.7 Å². The van der Waals surface area contributed by atoms with Gasteiger partial charge in [0.2, 0.25) is 0 Å². The number of hydrogen-bond acceptors (Lipinski definition) is 4. The number of hydrogen-bond donors (Lipinski definition) is 0. The van der Waals surface area contributed by atoms with Crippen molar-refractivity contribution in [2.45, 2.75) is 12.5 Å². The first kappa shape index (κ1) is 15.3. The summed E-state index contributed by atoms with van der Waals surface area (Å²) in [6.07, 6.45) is 3.48. The quantitative estimate of drug-likeness (QED) is 0.539. The summed E-state index contributed by atoms with van der Waals surface area (Å²) in [7, 11) is 2.18. The zero-order valence-corrected chi connectivity index (χ0v) is 14.6. The predicted molar refractivity (Wildman–Crippen MR) is 102 cm³/mol. The topological polar surface area (TPSA) is 42.2 Å². The first-order chi connectivity index (χ1) is 12.8. The zero-order valence-electron chi connectivity index (χ0n) is 14.6. The third-order valence-corrected chi connectivity index (χ3v) is 5.23. The third-order valence-electron chi connectivity index (χ3n) is 5.23. The number of likely N-dealkylation sites (N-methyl/N-ethyl adjacent to an activating group) is 1. The fraction of sp³-hybridized carbons (Fsp3) is 0.182. The van der Waals surface area contributed by atoms with Crippen LogP contribution in [0, 0.1) is 0 Å². The highest BCUT2D eigenvalue weighted by Gasteiger charge is 2.26. The van der Waals surface area contributed by atoms with Gasteiger partial charge in [0.25, 0.3) is 0 Å². The Kier molecular flexibility index (Phi) is 3.57. The summed E-state index contributed by atoms with van der Waals surface area (Å²) in [5.74, 6) is 0.334. The van der Waals surface area contributed by atoms with Gasteiger partial charge in [-0.2, -0.15) is 10.2 Å². The van der Waals surface area contributed by atoms with E-state index in [9.17, 15) is 0 Å². The lowest BCUT2D eigenvalue weighted by Crippen LogP contribution is -2.31. The molecule has 1 aliphatic rings. The van der Waals surface area contributed by atoms with E-state index in [1.54, 1.807) is 12.5 Å². The minimum atomic E-state index is 0.334. The maximum Gasteiger partial charge on any atom is 0.134 e. The van der Waals surface area contributed by atoms with Crippen LogP contribution in [0.1, 0.15) is 22.6 Å². The second kappa shape index (κ2) is 6.07. The van der Waals surface area contributed by atoms with E-state index in [4.69, 9.17) is 4.42 Å². The van der Waals surface area contributed by atoms with Crippen molar-refractivity contribution in [2.75, 3.05) is 13.6 Å². The van der Waals surface area contributed by atoms with E-state index in [1.807, 2.05) is 18.2 Å². The molecular formula is C22H19N3O. The Morgan fingerprint density at radius 3 is 2.88 bits per heavy atom. The molecule has 3 heterocycles. The van der Waals surface area contributed by atoms with Crippen LogP contribution in [0.25, 0.3) is 22.2 Å². The lowest BCUT2D eigenvalue weighted by atomic mass is 9.82. The highest BCUT2D eigenvalue weighted by atomic mass is 16.3. The normalized spacial score (nSPS) is 17.3. The van der Waals surface area contributed by atoms with Gasteiger partial charge in [-0.15, -0.1) is 0 Å². The molecule has 2 aromatic carbocycles. The van der Waals surface area contributed by atoms with Crippen molar-refractivity contribution in [3.63, 3.8) is 0 Å². The second-order valence-electron chi connectivity index (χ2n) is 6.95. The molecule has 0 bridgehead atoms. The van der Waals surface area contributed by atoms with Gasteiger partial charge in [0.05, 0.1) is 12.0 Å². The Hall–Kier alpha value is -2.98. The lowest BCUT2D eigenvalue weighted by Gasteiger charge is -2.33. The molecule has 4 aromatic rings. The summed E-state index contributed by atoms with van der Waals surface area (Å²) in [5, 5.41) is 9.47. The molecule has 1 atom stereocenters. The van der Waals surface area contributed by atoms with Crippen LogP contribution in [-0.4, -0.2) is 28.7 Å². The van der Waals surface area contributed by atoms with Gasteiger partial charge < -0.3 is 9.32 Å². The van der Waals surface area contributed by atoms with Gasteiger partial charge in [-0.25, -0.2) is 0 Å². The maximum absolute atomic E-state index is 5.61. The van der Waals surface area contributed by atoms with Gasteiger partial charge in [0.1, 0.15) is 5.58 Å². The third kappa shape index (κ3) is 2.50. The van der Waals surface area contributed by atoms with E-state index in [-0.39, 0.29) is 0 Å². The van der Waals surface area contributed by atoms with Gasteiger partial charge in [0, 0.05) is 36.2 Å². The van der Waals surface area contributed by atoms with Crippen molar-refractivity contribution < 1.29 is 4.42 Å². The van der Waals surface area contributed by atoms with E-state index in [0.29, 0.717) is 5.92 Å². The van der Waals surface area contributed by atoms with Crippen LogP contribution in [0.15, 0.2) is 71.5 Å². The maximum atomic E-state index is 5.61. The average molecular weight is 341 g/mol. The van der Waals surface area contributed by atoms with Crippen molar-refractivity contribution in [1.29, 1.82) is 0 Å². The van der Waals surface area contributed by atoms with Crippen LogP contribution in [-0.2, 0) is 6.54 Å². The highest BCUT2D eigenvalue weighted by Crippen LogP contribution is 2.38. The van der Waals surface area contributed by atoms with Crippen LogP contribution in [0.5, 0.6) is 0 Å². The van der Waals surface area contributed by atoms with Crippen molar-refractivity contribution in [1.82, 2.24) is 15.1 Å². The molecule has 1 unspecified atom stereocenters. The van der Waals surface area contributed by atoms with E-state index < -0.39 is 0 Å². The molecule has 0 saturated carbocycles. The summed E-state index contributed by atoms with van der Waals surface area (Å²) >= 11 is 0. The molecule has 2 aromatic heterocycles. The zero-order chi connectivity index (χ0) is 17.5. The van der Waals surface area contributed by atoms with Gasteiger partial charge in [0.15, 0.2) is 0 Å². The number of fused-ring (bicyclic) bond motifs is 2. The Bertz CT molecular complexity index is 1070. The van der Waals surface area contributed by atoms with Crippen molar-refractivity contribution in [2.24, 2.45) is 0 Å². The van der Waals surface area contributed by atoms with Gasteiger partial charge >= 0.3 is 0 Å². The molecule has 4 heteroatoms. The fourth-order valence-electron chi connectivity index (χ4n) is 4.05. The van der Waals surface area contributed by atoms with Gasteiger partial charge in [-0.3, -0.25) is 0 Å². The van der Waals surface area contributed by atoms with Crippen LogP contribution in [0.4, 0.5) is 0 Å². The molecule has 0 N–H and O–H groups in total. The molecular weight excluding hydrogens is 322 g/mol. The molecule has 0 radical (unpaired) electrons. The molecule has 128 valence electrons. The number of furan rings is 1. The minimum Gasteiger partial charge on any atom is -0.464 e. The predicted octanol–water partition coefficient (Wildman–Crippen LogP) is 4.47. The Balaban J connectivity index is 1.64. The molecule has 0 fully saturated rings. The molecule has 0 amide bonds. The minimum absolute atomic E-state index is 0.334. The molecule has 0 saturated heterocycles. The first-order valence-electron chi connectivity index (χ1n) is 8.85. The summed E-state index contributed by atoms with van der Waals surface area (Å²) in [6.45, 7) is 1.95. The SMILES string of the molecule is CN1Cc2cc(-c3cccnn3)ccc2C(c2cccc3occc23)C1. The van der Waals surface area contributed by atoms with Crippen LogP contribution in [0.3, 0.4) is 0 Å². The Morgan fingerprint density at radius 2 is 2.00 bits per heavy atom. The smallest absolute Gasteiger partial charge is 0.134 e.